The van der Waals surface area contributed by atoms with Crippen molar-refractivity contribution >= 4 is 5.91 Å². The summed E-state index contributed by atoms with van der Waals surface area (Å²) in [6.07, 6.45) is 0. The highest BCUT2D eigenvalue weighted by molar-refractivity contribution is 5.96. The van der Waals surface area contributed by atoms with Crippen molar-refractivity contribution in [2.75, 3.05) is 6.54 Å². The smallest absolute Gasteiger partial charge is 0.251 e. The maximum atomic E-state index is 12.0. The fourth-order valence-electron chi connectivity index (χ4n) is 1.65. The molecule has 0 bridgehead atoms. The summed E-state index contributed by atoms with van der Waals surface area (Å²) in [5, 5.41) is 12.2. The highest BCUT2D eigenvalue weighted by Crippen LogP contribution is 2.16. The van der Waals surface area contributed by atoms with Crippen LogP contribution in [0.3, 0.4) is 0 Å². The molecule has 1 aromatic rings. The second-order valence-electron chi connectivity index (χ2n) is 4.56. The lowest BCUT2D eigenvalue weighted by atomic mass is 10.0. The van der Waals surface area contributed by atoms with Crippen molar-refractivity contribution in [1.29, 1.82) is 0 Å². The second kappa shape index (κ2) is 5.68. The van der Waals surface area contributed by atoms with Gasteiger partial charge in [-0.2, -0.15) is 0 Å². The standard InChI is InChI=1S/C13H20N2O2/c1-8(2)12(7-14)15-13(17)11-5-4-10(16)6-9(11)3/h4-6,8,12,16H,7,14H2,1-3H3,(H,15,17). The Morgan fingerprint density at radius 1 is 1.47 bits per heavy atom. The topological polar surface area (TPSA) is 75.3 Å². The molecule has 0 aromatic heterocycles. The molecule has 0 radical (unpaired) electrons. The van der Waals surface area contributed by atoms with E-state index in [2.05, 4.69) is 5.32 Å². The number of hydrogen-bond acceptors (Lipinski definition) is 3. The van der Waals surface area contributed by atoms with Gasteiger partial charge in [-0.05, 0) is 36.6 Å². The van der Waals surface area contributed by atoms with Crippen LogP contribution in [0.4, 0.5) is 0 Å². The van der Waals surface area contributed by atoms with Crippen LogP contribution in [0.1, 0.15) is 29.8 Å². The molecule has 0 fully saturated rings. The van der Waals surface area contributed by atoms with E-state index in [1.165, 1.54) is 6.07 Å². The number of amides is 1. The minimum atomic E-state index is -0.147. The number of nitrogens with two attached hydrogens (primary N) is 1. The van der Waals surface area contributed by atoms with Gasteiger partial charge < -0.3 is 16.2 Å². The first-order valence-electron chi connectivity index (χ1n) is 5.76. The molecular weight excluding hydrogens is 216 g/mol. The van der Waals surface area contributed by atoms with E-state index in [1.54, 1.807) is 19.1 Å². The summed E-state index contributed by atoms with van der Waals surface area (Å²) >= 11 is 0. The van der Waals surface area contributed by atoms with Crippen LogP contribution in [0.15, 0.2) is 18.2 Å². The number of phenolic OH excluding ortho intramolecular Hbond substituents is 1. The molecule has 0 aliphatic carbocycles. The number of aromatic hydroxyl groups is 1. The van der Waals surface area contributed by atoms with E-state index in [-0.39, 0.29) is 17.7 Å². The zero-order valence-electron chi connectivity index (χ0n) is 10.5. The van der Waals surface area contributed by atoms with Gasteiger partial charge in [-0.3, -0.25) is 4.79 Å². The first-order chi connectivity index (χ1) is 7.95. The van der Waals surface area contributed by atoms with Crippen molar-refractivity contribution in [2.45, 2.75) is 26.8 Å². The average Bonchev–Trinajstić information content (AvgIpc) is 2.24. The van der Waals surface area contributed by atoms with Crippen molar-refractivity contribution in [3.8, 4) is 5.75 Å². The predicted octanol–water partition coefficient (Wildman–Crippen LogP) is 1.41. The fourth-order valence-corrected chi connectivity index (χ4v) is 1.65. The highest BCUT2D eigenvalue weighted by atomic mass is 16.3. The SMILES string of the molecule is Cc1cc(O)ccc1C(=O)NC(CN)C(C)C. The molecule has 94 valence electrons. The van der Waals surface area contributed by atoms with Gasteiger partial charge in [0.25, 0.3) is 5.91 Å². The number of carbonyl (C=O) groups is 1. The normalized spacial score (nSPS) is 12.5. The Hall–Kier alpha value is -1.55. The molecular formula is C13H20N2O2. The summed E-state index contributed by atoms with van der Waals surface area (Å²) in [6, 6.07) is 4.67. The summed E-state index contributed by atoms with van der Waals surface area (Å²) in [5.74, 6) is 0.311. The number of carbonyl (C=O) groups excluding carboxylic acids is 1. The molecule has 4 N–H and O–H groups in total. The second-order valence-corrected chi connectivity index (χ2v) is 4.56. The minimum absolute atomic E-state index is 0.0318. The minimum Gasteiger partial charge on any atom is -0.508 e. The van der Waals surface area contributed by atoms with Crippen LogP contribution < -0.4 is 11.1 Å². The van der Waals surface area contributed by atoms with E-state index >= 15 is 0 Å². The molecule has 4 heteroatoms. The Bertz CT molecular complexity index is 402. The van der Waals surface area contributed by atoms with Crippen molar-refractivity contribution in [1.82, 2.24) is 5.32 Å². The zero-order valence-corrected chi connectivity index (χ0v) is 10.5. The van der Waals surface area contributed by atoms with Crippen molar-refractivity contribution in [2.24, 2.45) is 11.7 Å². The van der Waals surface area contributed by atoms with Crippen molar-refractivity contribution in [3.63, 3.8) is 0 Å². The molecule has 0 heterocycles. The largest absolute Gasteiger partial charge is 0.508 e. The van der Waals surface area contributed by atoms with Gasteiger partial charge in [0, 0.05) is 18.2 Å². The number of hydrogen-bond donors (Lipinski definition) is 3. The van der Waals surface area contributed by atoms with Crippen molar-refractivity contribution < 1.29 is 9.90 Å². The monoisotopic (exact) mass is 236 g/mol. The Labute approximate surface area is 102 Å². The average molecular weight is 236 g/mol. The summed E-state index contributed by atoms with van der Waals surface area (Å²) in [4.78, 5) is 12.0. The van der Waals surface area contributed by atoms with Gasteiger partial charge in [-0.25, -0.2) is 0 Å². The number of nitrogens with one attached hydrogen (secondary N) is 1. The van der Waals surface area contributed by atoms with E-state index in [1.807, 2.05) is 13.8 Å². The van der Waals surface area contributed by atoms with Gasteiger partial charge in [0.05, 0.1) is 0 Å². The Morgan fingerprint density at radius 2 is 2.12 bits per heavy atom. The van der Waals surface area contributed by atoms with Gasteiger partial charge in [0.2, 0.25) is 0 Å². The van der Waals surface area contributed by atoms with Crippen LogP contribution in [-0.2, 0) is 0 Å². The molecule has 1 amide bonds. The summed E-state index contributed by atoms with van der Waals surface area (Å²) in [6.45, 7) is 6.24. The molecule has 1 atom stereocenters. The Morgan fingerprint density at radius 3 is 2.59 bits per heavy atom. The van der Waals surface area contributed by atoms with Gasteiger partial charge in [-0.1, -0.05) is 13.8 Å². The molecule has 0 saturated carbocycles. The molecule has 0 aliphatic rings. The van der Waals surface area contributed by atoms with Gasteiger partial charge >= 0.3 is 0 Å². The van der Waals surface area contributed by atoms with Crippen molar-refractivity contribution in [3.05, 3.63) is 29.3 Å². The lowest BCUT2D eigenvalue weighted by Crippen LogP contribution is -2.43. The zero-order chi connectivity index (χ0) is 13.0. The molecule has 4 nitrogen and oxygen atoms in total. The summed E-state index contributed by atoms with van der Waals surface area (Å²) in [7, 11) is 0. The third-order valence-electron chi connectivity index (χ3n) is 2.83. The summed E-state index contributed by atoms with van der Waals surface area (Å²) < 4.78 is 0. The number of aryl methyl sites for hydroxylation is 1. The molecule has 17 heavy (non-hydrogen) atoms. The molecule has 1 rings (SSSR count). The van der Waals surface area contributed by atoms with E-state index in [0.29, 0.717) is 18.0 Å². The van der Waals surface area contributed by atoms with Crippen LogP contribution in [0, 0.1) is 12.8 Å². The lowest BCUT2D eigenvalue weighted by Gasteiger charge is -2.21. The van der Waals surface area contributed by atoms with Crippen LogP contribution in [0.2, 0.25) is 0 Å². The fraction of sp³-hybridized carbons (Fsp3) is 0.462. The third-order valence-corrected chi connectivity index (χ3v) is 2.83. The predicted molar refractivity (Wildman–Crippen MR) is 68.0 cm³/mol. The van der Waals surface area contributed by atoms with Crippen LogP contribution in [0.25, 0.3) is 0 Å². The van der Waals surface area contributed by atoms with Crippen LogP contribution in [-0.4, -0.2) is 23.6 Å². The van der Waals surface area contributed by atoms with Gasteiger partial charge in [-0.15, -0.1) is 0 Å². The molecule has 1 unspecified atom stereocenters. The number of phenols is 1. The highest BCUT2D eigenvalue weighted by Gasteiger charge is 2.16. The number of rotatable bonds is 4. The van der Waals surface area contributed by atoms with E-state index in [4.69, 9.17) is 5.73 Å². The van der Waals surface area contributed by atoms with E-state index < -0.39 is 0 Å². The lowest BCUT2D eigenvalue weighted by molar-refractivity contribution is 0.0927. The first kappa shape index (κ1) is 13.5. The molecule has 1 aromatic carbocycles. The maximum absolute atomic E-state index is 12.0. The van der Waals surface area contributed by atoms with Crippen LogP contribution >= 0.6 is 0 Å². The Balaban J connectivity index is 2.82. The van der Waals surface area contributed by atoms with Gasteiger partial charge in [0.15, 0.2) is 0 Å². The number of benzene rings is 1. The molecule has 0 spiro atoms. The Kier molecular flexibility index (Phi) is 4.52. The van der Waals surface area contributed by atoms with Gasteiger partial charge in [0.1, 0.15) is 5.75 Å². The molecule has 0 saturated heterocycles. The van der Waals surface area contributed by atoms with E-state index in [9.17, 15) is 9.90 Å². The van der Waals surface area contributed by atoms with E-state index in [0.717, 1.165) is 5.56 Å². The van der Waals surface area contributed by atoms with Crippen LogP contribution in [0.5, 0.6) is 5.75 Å². The first-order valence-corrected chi connectivity index (χ1v) is 5.76. The maximum Gasteiger partial charge on any atom is 0.251 e. The molecule has 0 aliphatic heterocycles. The third kappa shape index (κ3) is 3.46. The summed E-state index contributed by atoms with van der Waals surface area (Å²) in [5.41, 5.74) is 6.93. The quantitative estimate of drug-likeness (QED) is 0.740.